The average molecular weight is 351 g/mol. The molecule has 1 saturated carbocycles. The van der Waals surface area contributed by atoms with Crippen molar-refractivity contribution in [1.82, 2.24) is 14.6 Å². The molecule has 3 heterocycles. The smallest absolute Gasteiger partial charge is 0.204 e. The number of hydrogen-bond acceptors (Lipinski definition) is 5. The predicted molar refractivity (Wildman–Crippen MR) is 102 cm³/mol. The van der Waals surface area contributed by atoms with Crippen molar-refractivity contribution in [2.45, 2.75) is 45.4 Å². The molecule has 4 rings (SSSR count). The fourth-order valence-corrected chi connectivity index (χ4v) is 4.01. The second kappa shape index (κ2) is 7.02. The van der Waals surface area contributed by atoms with Crippen molar-refractivity contribution in [3.8, 4) is 0 Å². The van der Waals surface area contributed by atoms with Crippen LogP contribution in [0.2, 0.25) is 0 Å². The van der Waals surface area contributed by atoms with E-state index in [-0.39, 0.29) is 11.5 Å². The van der Waals surface area contributed by atoms with E-state index in [4.69, 9.17) is 10.4 Å². The molecule has 136 valence electrons. The maximum absolute atomic E-state index is 12.6. The number of allylic oxidation sites excluding steroid dienone is 2. The summed E-state index contributed by atoms with van der Waals surface area (Å²) in [5.74, 6) is 1.28. The number of ketones is 1. The highest BCUT2D eigenvalue weighted by Gasteiger charge is 2.20. The fourth-order valence-electron chi connectivity index (χ4n) is 4.01. The average Bonchev–Trinajstić information content (AvgIpc) is 3.30. The van der Waals surface area contributed by atoms with Crippen LogP contribution in [-0.2, 0) is 4.79 Å². The van der Waals surface area contributed by atoms with Gasteiger partial charge >= 0.3 is 0 Å². The molecule has 0 bridgehead atoms. The van der Waals surface area contributed by atoms with Crippen LogP contribution < -0.4 is 4.90 Å². The third-order valence-corrected chi connectivity index (χ3v) is 5.44. The first-order valence-electron chi connectivity index (χ1n) is 9.54. The van der Waals surface area contributed by atoms with Gasteiger partial charge in [0.15, 0.2) is 5.65 Å². The predicted octanol–water partition coefficient (Wildman–Crippen LogP) is 3.40. The molecule has 1 aliphatic carbocycles. The van der Waals surface area contributed by atoms with Gasteiger partial charge in [-0.05, 0) is 50.2 Å². The number of carbonyl (C=O) groups excluding carboxylic acids is 1. The van der Waals surface area contributed by atoms with Gasteiger partial charge in [-0.2, -0.15) is 5.10 Å². The summed E-state index contributed by atoms with van der Waals surface area (Å²) in [5.41, 5.74) is 2.25. The van der Waals surface area contributed by atoms with Gasteiger partial charge in [0.05, 0.1) is 11.8 Å². The Bertz CT molecular complexity index is 875. The third-order valence-electron chi connectivity index (χ3n) is 5.44. The van der Waals surface area contributed by atoms with Gasteiger partial charge in [0.25, 0.3) is 0 Å². The lowest BCUT2D eigenvalue weighted by atomic mass is 9.86. The molecule has 2 aliphatic rings. The summed E-state index contributed by atoms with van der Waals surface area (Å²) in [5, 5.41) is 12.7. The highest BCUT2D eigenvalue weighted by atomic mass is 16.1. The molecule has 0 amide bonds. The number of nitrogens with one attached hydrogen (secondary N) is 1. The van der Waals surface area contributed by atoms with Gasteiger partial charge in [0.2, 0.25) is 5.78 Å². The molecule has 26 heavy (non-hydrogen) atoms. The number of fused-ring (bicyclic) bond motifs is 1. The fraction of sp³-hybridized carbons (Fsp3) is 0.500. The van der Waals surface area contributed by atoms with Gasteiger partial charge < -0.3 is 4.90 Å². The Balaban J connectivity index is 1.60. The van der Waals surface area contributed by atoms with E-state index >= 15 is 0 Å². The summed E-state index contributed by atoms with van der Waals surface area (Å²) < 4.78 is 1.65. The molecular formula is C20H25N5O. The summed E-state index contributed by atoms with van der Waals surface area (Å²) in [6, 6.07) is 1.95. The molecule has 2 aromatic rings. The summed E-state index contributed by atoms with van der Waals surface area (Å²) in [4.78, 5) is 19.6. The molecule has 6 nitrogen and oxygen atoms in total. The van der Waals surface area contributed by atoms with E-state index in [0.29, 0.717) is 17.1 Å². The van der Waals surface area contributed by atoms with Crippen LogP contribution in [0.15, 0.2) is 30.1 Å². The van der Waals surface area contributed by atoms with E-state index in [9.17, 15) is 4.79 Å². The minimum Gasteiger partial charge on any atom is -0.357 e. The highest BCUT2D eigenvalue weighted by Crippen LogP contribution is 2.28. The Labute approximate surface area is 153 Å². The quantitative estimate of drug-likeness (QED) is 0.677. The second-order valence-electron chi connectivity index (χ2n) is 7.55. The van der Waals surface area contributed by atoms with Crippen molar-refractivity contribution in [3.63, 3.8) is 0 Å². The zero-order chi connectivity index (χ0) is 18.1. The van der Waals surface area contributed by atoms with Crippen molar-refractivity contribution >= 4 is 23.0 Å². The normalized spacial score (nSPS) is 22.3. The first-order chi connectivity index (χ1) is 12.6. The highest BCUT2D eigenvalue weighted by molar-refractivity contribution is 6.49. The Kier molecular flexibility index (Phi) is 4.57. The third kappa shape index (κ3) is 3.28. The van der Waals surface area contributed by atoms with E-state index in [2.05, 4.69) is 16.9 Å². The minimum atomic E-state index is -0.239. The molecule has 1 atom stereocenters. The second-order valence-corrected chi connectivity index (χ2v) is 7.55. The molecule has 2 fully saturated rings. The van der Waals surface area contributed by atoms with Crippen molar-refractivity contribution < 1.29 is 4.79 Å². The number of rotatable bonds is 4. The van der Waals surface area contributed by atoms with Crippen LogP contribution >= 0.6 is 0 Å². The standard InChI is InChI=1S/C20H25N5O/c1-14-5-4-6-15(11-14)12-17(26)19(21)16-13-22-25-10-7-18(23-20(16)25)24-8-2-3-9-24/h7,10,12-14,21H,2-6,8-9,11H2,1H3/b15-12-,21-19?/t14-/m0/s1. The SMILES string of the molecule is C[C@H]1CCC/C(=C/C(=O)C(=N)c2cnn3ccc(N4CCCC4)nc23)C1. The van der Waals surface area contributed by atoms with Gasteiger partial charge in [0.1, 0.15) is 11.5 Å². The molecular weight excluding hydrogens is 326 g/mol. The molecule has 0 unspecified atom stereocenters. The van der Waals surface area contributed by atoms with Crippen LogP contribution in [0, 0.1) is 11.3 Å². The lowest BCUT2D eigenvalue weighted by Crippen LogP contribution is -2.19. The Morgan fingerprint density at radius 3 is 2.88 bits per heavy atom. The van der Waals surface area contributed by atoms with Gasteiger partial charge in [-0.3, -0.25) is 10.2 Å². The Morgan fingerprint density at radius 1 is 1.31 bits per heavy atom. The molecule has 1 saturated heterocycles. The monoisotopic (exact) mass is 351 g/mol. The van der Waals surface area contributed by atoms with Crippen LogP contribution in [-0.4, -0.2) is 39.2 Å². The van der Waals surface area contributed by atoms with Crippen LogP contribution in [0.3, 0.4) is 0 Å². The van der Waals surface area contributed by atoms with Gasteiger partial charge in [-0.15, -0.1) is 0 Å². The first-order valence-corrected chi connectivity index (χ1v) is 9.54. The molecule has 0 radical (unpaired) electrons. The van der Waals surface area contributed by atoms with E-state index in [1.54, 1.807) is 16.8 Å². The molecule has 0 aromatic carbocycles. The number of aromatic nitrogens is 3. The lowest BCUT2D eigenvalue weighted by Gasteiger charge is -2.20. The zero-order valence-corrected chi connectivity index (χ0v) is 15.2. The van der Waals surface area contributed by atoms with Crippen LogP contribution in [0.25, 0.3) is 5.65 Å². The van der Waals surface area contributed by atoms with Crippen molar-refractivity contribution in [2.75, 3.05) is 18.0 Å². The van der Waals surface area contributed by atoms with Crippen LogP contribution in [0.5, 0.6) is 0 Å². The van der Waals surface area contributed by atoms with E-state index in [0.717, 1.165) is 38.2 Å². The summed E-state index contributed by atoms with van der Waals surface area (Å²) >= 11 is 0. The number of nitrogens with zero attached hydrogens (tertiary/aromatic N) is 4. The van der Waals surface area contributed by atoms with Crippen molar-refractivity contribution in [1.29, 1.82) is 5.41 Å². The topological polar surface area (TPSA) is 74.3 Å². The zero-order valence-electron chi connectivity index (χ0n) is 15.2. The largest absolute Gasteiger partial charge is 0.357 e. The first kappa shape index (κ1) is 16.9. The summed E-state index contributed by atoms with van der Waals surface area (Å²) in [6.45, 7) is 4.23. The lowest BCUT2D eigenvalue weighted by molar-refractivity contribution is -0.108. The van der Waals surface area contributed by atoms with Crippen LogP contribution in [0.4, 0.5) is 5.82 Å². The molecule has 1 N–H and O–H groups in total. The molecule has 0 spiro atoms. The molecule has 1 aliphatic heterocycles. The number of anilines is 1. The van der Waals surface area contributed by atoms with Crippen molar-refractivity contribution in [2.24, 2.45) is 5.92 Å². The number of hydrogen-bond donors (Lipinski definition) is 1. The van der Waals surface area contributed by atoms with E-state index in [1.165, 1.54) is 24.8 Å². The van der Waals surface area contributed by atoms with E-state index in [1.807, 2.05) is 12.3 Å². The van der Waals surface area contributed by atoms with Gasteiger partial charge in [0, 0.05) is 19.3 Å². The van der Waals surface area contributed by atoms with E-state index < -0.39 is 0 Å². The van der Waals surface area contributed by atoms with Crippen molar-refractivity contribution in [3.05, 3.63) is 35.7 Å². The molecule has 2 aromatic heterocycles. The van der Waals surface area contributed by atoms with Crippen LogP contribution in [0.1, 0.15) is 51.0 Å². The maximum Gasteiger partial charge on any atom is 0.204 e. The van der Waals surface area contributed by atoms with Gasteiger partial charge in [-0.25, -0.2) is 9.50 Å². The summed E-state index contributed by atoms with van der Waals surface area (Å²) in [6.07, 6.45) is 11.8. The number of carbonyl (C=O) groups is 1. The Hall–Kier alpha value is -2.50. The minimum absolute atomic E-state index is 0.0169. The molecule has 6 heteroatoms. The maximum atomic E-state index is 12.6. The Morgan fingerprint density at radius 2 is 2.12 bits per heavy atom. The summed E-state index contributed by atoms with van der Waals surface area (Å²) in [7, 11) is 0. The van der Waals surface area contributed by atoms with Gasteiger partial charge in [-0.1, -0.05) is 18.9 Å².